The largest absolute Gasteiger partial charge is 0.502 e. The molecule has 1 heterocycles. The Morgan fingerprint density at radius 3 is 2.45 bits per heavy atom. The molecule has 0 saturated heterocycles. The van der Waals surface area contributed by atoms with Crippen LogP contribution in [-0.2, 0) is 16.3 Å². The first-order valence-corrected chi connectivity index (χ1v) is 7.64. The summed E-state index contributed by atoms with van der Waals surface area (Å²) in [5.74, 6) is -0.428. The van der Waals surface area contributed by atoms with E-state index >= 15 is 0 Å². The van der Waals surface area contributed by atoms with E-state index in [9.17, 15) is 13.2 Å². The Balaban J connectivity index is 2.15. The summed E-state index contributed by atoms with van der Waals surface area (Å²) in [5.41, 5.74) is 0.396. The Hall–Kier alpha value is -2.08. The van der Waals surface area contributed by atoms with Gasteiger partial charge >= 0.3 is 0 Å². The SMILES string of the molecule is Cc1ccc(S(=O)(=O)CCc2cc(=O)c(O)co2)cc1. The molecule has 0 fully saturated rings. The molecule has 0 radical (unpaired) electrons. The zero-order valence-electron chi connectivity index (χ0n) is 10.9. The molecule has 1 aromatic carbocycles. The summed E-state index contributed by atoms with van der Waals surface area (Å²) >= 11 is 0. The second-order valence-electron chi connectivity index (χ2n) is 4.48. The molecule has 0 unspecified atom stereocenters. The molecule has 1 aromatic heterocycles. The van der Waals surface area contributed by atoms with E-state index in [0.717, 1.165) is 17.9 Å². The third-order valence-electron chi connectivity index (χ3n) is 2.86. The molecule has 6 heteroatoms. The number of aryl methyl sites for hydroxylation is 2. The van der Waals surface area contributed by atoms with Crippen LogP contribution >= 0.6 is 0 Å². The van der Waals surface area contributed by atoms with E-state index in [4.69, 9.17) is 9.52 Å². The van der Waals surface area contributed by atoms with Crippen molar-refractivity contribution >= 4 is 9.84 Å². The summed E-state index contributed by atoms with van der Waals surface area (Å²) in [6, 6.07) is 7.66. The molecular weight excluding hydrogens is 280 g/mol. The van der Waals surface area contributed by atoms with Gasteiger partial charge in [0.25, 0.3) is 0 Å². The van der Waals surface area contributed by atoms with Crippen molar-refractivity contribution in [3.05, 3.63) is 58.1 Å². The van der Waals surface area contributed by atoms with E-state index in [1.165, 1.54) is 0 Å². The van der Waals surface area contributed by atoms with Crippen molar-refractivity contribution in [2.75, 3.05) is 5.75 Å². The van der Waals surface area contributed by atoms with Gasteiger partial charge in [-0.3, -0.25) is 4.79 Å². The highest BCUT2D eigenvalue weighted by molar-refractivity contribution is 7.91. The average Bonchev–Trinajstić information content (AvgIpc) is 2.41. The molecule has 0 amide bonds. The smallest absolute Gasteiger partial charge is 0.226 e. The molecule has 20 heavy (non-hydrogen) atoms. The molecule has 106 valence electrons. The maximum Gasteiger partial charge on any atom is 0.226 e. The minimum atomic E-state index is -3.42. The van der Waals surface area contributed by atoms with Gasteiger partial charge in [0, 0.05) is 12.5 Å². The standard InChI is InChI=1S/C14H14O5S/c1-10-2-4-12(5-3-10)20(17,18)7-6-11-8-13(15)14(16)9-19-11/h2-5,8-9,16H,6-7H2,1H3. The number of aromatic hydroxyl groups is 1. The Morgan fingerprint density at radius 1 is 1.20 bits per heavy atom. The molecule has 0 bridgehead atoms. The van der Waals surface area contributed by atoms with Gasteiger partial charge in [0.15, 0.2) is 15.6 Å². The highest BCUT2D eigenvalue weighted by Gasteiger charge is 2.15. The van der Waals surface area contributed by atoms with E-state index < -0.39 is 21.0 Å². The van der Waals surface area contributed by atoms with Crippen molar-refractivity contribution < 1.29 is 17.9 Å². The normalized spacial score (nSPS) is 11.4. The number of hydrogen-bond donors (Lipinski definition) is 1. The van der Waals surface area contributed by atoms with E-state index in [2.05, 4.69) is 0 Å². The zero-order chi connectivity index (χ0) is 14.8. The van der Waals surface area contributed by atoms with Crippen LogP contribution in [0, 0.1) is 6.92 Å². The van der Waals surface area contributed by atoms with Crippen molar-refractivity contribution in [2.24, 2.45) is 0 Å². The average molecular weight is 294 g/mol. The number of benzene rings is 1. The van der Waals surface area contributed by atoms with Gasteiger partial charge in [0.05, 0.1) is 10.6 Å². The molecular formula is C14H14O5S. The van der Waals surface area contributed by atoms with Crippen molar-refractivity contribution in [3.8, 4) is 5.75 Å². The second-order valence-corrected chi connectivity index (χ2v) is 6.59. The van der Waals surface area contributed by atoms with Crippen molar-refractivity contribution in [2.45, 2.75) is 18.2 Å². The monoisotopic (exact) mass is 294 g/mol. The molecule has 0 aliphatic rings. The molecule has 0 spiro atoms. The lowest BCUT2D eigenvalue weighted by Crippen LogP contribution is -2.10. The van der Waals surface area contributed by atoms with E-state index in [1.807, 2.05) is 6.92 Å². The fourth-order valence-electron chi connectivity index (χ4n) is 1.67. The van der Waals surface area contributed by atoms with Gasteiger partial charge in [-0.25, -0.2) is 8.42 Å². The maximum absolute atomic E-state index is 12.1. The number of rotatable bonds is 4. The van der Waals surface area contributed by atoms with Crippen LogP contribution in [-0.4, -0.2) is 19.3 Å². The molecule has 0 aliphatic carbocycles. The van der Waals surface area contributed by atoms with Crippen LogP contribution in [0.4, 0.5) is 0 Å². The highest BCUT2D eigenvalue weighted by atomic mass is 32.2. The number of hydrogen-bond acceptors (Lipinski definition) is 5. The summed E-state index contributed by atoms with van der Waals surface area (Å²) in [6.07, 6.45) is 0.988. The Labute approximate surface area is 116 Å². The van der Waals surface area contributed by atoms with E-state index in [-0.39, 0.29) is 22.8 Å². The van der Waals surface area contributed by atoms with Gasteiger partial charge in [-0.1, -0.05) is 17.7 Å². The van der Waals surface area contributed by atoms with Gasteiger partial charge in [0.2, 0.25) is 5.43 Å². The summed E-state index contributed by atoms with van der Waals surface area (Å²) in [6.45, 7) is 1.88. The van der Waals surface area contributed by atoms with Crippen molar-refractivity contribution in [1.82, 2.24) is 0 Å². The quantitative estimate of drug-likeness (QED) is 0.927. The van der Waals surface area contributed by atoms with Gasteiger partial charge in [-0.2, -0.15) is 0 Å². The zero-order valence-corrected chi connectivity index (χ0v) is 11.7. The lowest BCUT2D eigenvalue weighted by atomic mass is 10.2. The summed E-state index contributed by atoms with van der Waals surface area (Å²) in [4.78, 5) is 11.5. The first-order chi connectivity index (χ1) is 9.38. The predicted molar refractivity (Wildman–Crippen MR) is 73.6 cm³/mol. The highest BCUT2D eigenvalue weighted by Crippen LogP contribution is 2.14. The molecule has 0 saturated carbocycles. The molecule has 2 rings (SSSR count). The van der Waals surface area contributed by atoms with Crippen LogP contribution in [0.3, 0.4) is 0 Å². The topological polar surface area (TPSA) is 84.6 Å². The van der Waals surface area contributed by atoms with Gasteiger partial charge in [0.1, 0.15) is 12.0 Å². The molecule has 2 aromatic rings. The van der Waals surface area contributed by atoms with Crippen LogP contribution < -0.4 is 5.43 Å². The van der Waals surface area contributed by atoms with Crippen molar-refractivity contribution in [3.63, 3.8) is 0 Å². The lowest BCUT2D eigenvalue weighted by Gasteiger charge is -2.04. The van der Waals surface area contributed by atoms with Crippen molar-refractivity contribution in [1.29, 1.82) is 0 Å². The molecule has 0 atom stereocenters. The van der Waals surface area contributed by atoms with Crippen LogP contribution in [0.15, 0.2) is 50.7 Å². The Kier molecular flexibility index (Phi) is 3.94. The minimum absolute atomic E-state index is 0.0751. The van der Waals surface area contributed by atoms with Gasteiger partial charge in [-0.15, -0.1) is 0 Å². The van der Waals surface area contributed by atoms with Crippen LogP contribution in [0.1, 0.15) is 11.3 Å². The lowest BCUT2D eigenvalue weighted by molar-refractivity contribution is 0.415. The van der Waals surface area contributed by atoms with E-state index in [0.29, 0.717) is 0 Å². The summed E-state index contributed by atoms with van der Waals surface area (Å²) in [7, 11) is -3.42. The fraction of sp³-hybridized carbons (Fsp3) is 0.214. The summed E-state index contributed by atoms with van der Waals surface area (Å²) < 4.78 is 29.2. The Morgan fingerprint density at radius 2 is 1.85 bits per heavy atom. The predicted octanol–water partition coefficient (Wildman–Crippen LogP) is 1.67. The first kappa shape index (κ1) is 14.3. The van der Waals surface area contributed by atoms with Crippen LogP contribution in [0.25, 0.3) is 0 Å². The van der Waals surface area contributed by atoms with Gasteiger partial charge in [-0.05, 0) is 19.1 Å². The van der Waals surface area contributed by atoms with Gasteiger partial charge < -0.3 is 9.52 Å². The molecule has 5 nitrogen and oxygen atoms in total. The van der Waals surface area contributed by atoms with Crippen LogP contribution in [0.5, 0.6) is 5.75 Å². The molecule has 0 aliphatic heterocycles. The Bertz CT molecular complexity index is 757. The first-order valence-electron chi connectivity index (χ1n) is 5.98. The van der Waals surface area contributed by atoms with E-state index in [1.54, 1.807) is 24.3 Å². The number of sulfone groups is 1. The summed E-state index contributed by atoms with van der Waals surface area (Å²) in [5, 5.41) is 9.05. The fourth-order valence-corrected chi connectivity index (χ4v) is 2.93. The van der Waals surface area contributed by atoms with Crippen LogP contribution in [0.2, 0.25) is 0 Å². The third-order valence-corrected chi connectivity index (χ3v) is 4.60. The second kappa shape index (κ2) is 5.50. The molecule has 1 N–H and O–H groups in total. The maximum atomic E-state index is 12.1. The third kappa shape index (κ3) is 3.27. The minimum Gasteiger partial charge on any atom is -0.502 e.